The zero-order chi connectivity index (χ0) is 12.3. The van der Waals surface area contributed by atoms with Crippen LogP contribution in [0, 0.1) is 5.82 Å². The van der Waals surface area contributed by atoms with E-state index in [0.29, 0.717) is 23.9 Å². The fourth-order valence-corrected chi connectivity index (χ4v) is 1.65. The van der Waals surface area contributed by atoms with Crippen molar-refractivity contribution in [1.82, 2.24) is 9.97 Å². The number of nitrogen functional groups attached to an aromatic ring is 1. The number of hydrogen-bond donors (Lipinski definition) is 1. The molecule has 5 heteroatoms. The molecule has 0 amide bonds. The maximum atomic E-state index is 13.2. The van der Waals surface area contributed by atoms with Crippen LogP contribution in [0.1, 0.15) is 6.92 Å². The minimum atomic E-state index is -0.289. The van der Waals surface area contributed by atoms with E-state index in [9.17, 15) is 4.39 Å². The van der Waals surface area contributed by atoms with Crippen LogP contribution in [0.3, 0.4) is 0 Å². The SMILES string of the molecule is CCN(c1cccc(F)c1)c1nccnc1N. The summed E-state index contributed by atoms with van der Waals surface area (Å²) in [6.45, 7) is 2.57. The lowest BCUT2D eigenvalue weighted by atomic mass is 10.2. The number of nitrogens with zero attached hydrogens (tertiary/aromatic N) is 3. The molecule has 0 radical (unpaired) electrons. The Morgan fingerprint density at radius 2 is 2.06 bits per heavy atom. The molecule has 0 bridgehead atoms. The Kier molecular flexibility index (Phi) is 3.18. The fraction of sp³-hybridized carbons (Fsp3) is 0.167. The van der Waals surface area contributed by atoms with Gasteiger partial charge in [0.15, 0.2) is 11.6 Å². The maximum absolute atomic E-state index is 13.2. The molecule has 1 aromatic carbocycles. The molecule has 0 aliphatic carbocycles. The van der Waals surface area contributed by atoms with E-state index in [2.05, 4.69) is 9.97 Å². The largest absolute Gasteiger partial charge is 0.381 e. The first kappa shape index (κ1) is 11.3. The van der Waals surface area contributed by atoms with Gasteiger partial charge in [-0.15, -0.1) is 0 Å². The van der Waals surface area contributed by atoms with Crippen LogP contribution in [0.5, 0.6) is 0 Å². The average molecular weight is 232 g/mol. The quantitative estimate of drug-likeness (QED) is 0.882. The molecule has 0 fully saturated rings. The molecule has 2 aromatic rings. The molecule has 0 atom stereocenters. The number of nitrogens with two attached hydrogens (primary N) is 1. The van der Waals surface area contributed by atoms with Crippen LogP contribution >= 0.6 is 0 Å². The van der Waals surface area contributed by atoms with Crippen molar-refractivity contribution in [2.45, 2.75) is 6.92 Å². The number of anilines is 3. The van der Waals surface area contributed by atoms with Crippen LogP contribution in [0.4, 0.5) is 21.7 Å². The van der Waals surface area contributed by atoms with E-state index >= 15 is 0 Å². The third-order valence-electron chi connectivity index (χ3n) is 2.40. The summed E-state index contributed by atoms with van der Waals surface area (Å²) >= 11 is 0. The Balaban J connectivity index is 2.44. The summed E-state index contributed by atoms with van der Waals surface area (Å²) in [4.78, 5) is 9.96. The van der Waals surface area contributed by atoms with E-state index < -0.39 is 0 Å². The molecule has 0 unspecified atom stereocenters. The molecular weight excluding hydrogens is 219 g/mol. The molecule has 88 valence electrons. The number of aromatic nitrogens is 2. The standard InChI is InChI=1S/C12H13FN4/c1-2-17(10-5-3-4-9(13)8-10)12-11(14)15-6-7-16-12/h3-8H,2H2,1H3,(H2,14,15). The second-order valence-corrected chi connectivity index (χ2v) is 3.49. The van der Waals surface area contributed by atoms with Gasteiger partial charge in [-0.2, -0.15) is 0 Å². The molecule has 0 spiro atoms. The van der Waals surface area contributed by atoms with Crippen molar-refractivity contribution in [3.05, 3.63) is 42.5 Å². The minimum Gasteiger partial charge on any atom is -0.381 e. The van der Waals surface area contributed by atoms with Gasteiger partial charge in [-0.1, -0.05) is 6.07 Å². The molecule has 2 N–H and O–H groups in total. The fourth-order valence-electron chi connectivity index (χ4n) is 1.65. The Morgan fingerprint density at radius 3 is 2.71 bits per heavy atom. The Morgan fingerprint density at radius 1 is 1.29 bits per heavy atom. The van der Waals surface area contributed by atoms with Gasteiger partial charge in [0.1, 0.15) is 5.82 Å². The Bertz CT molecular complexity index is 515. The number of benzene rings is 1. The second kappa shape index (κ2) is 4.78. The summed E-state index contributed by atoms with van der Waals surface area (Å²) in [7, 11) is 0. The normalized spacial score (nSPS) is 10.2. The molecule has 1 aromatic heterocycles. The predicted molar refractivity (Wildman–Crippen MR) is 65.5 cm³/mol. The van der Waals surface area contributed by atoms with Gasteiger partial charge in [-0.05, 0) is 25.1 Å². The Labute approximate surface area is 98.9 Å². The lowest BCUT2D eigenvalue weighted by molar-refractivity contribution is 0.627. The van der Waals surface area contributed by atoms with E-state index in [4.69, 9.17) is 5.73 Å². The van der Waals surface area contributed by atoms with Gasteiger partial charge in [0.05, 0.1) is 0 Å². The first-order valence-electron chi connectivity index (χ1n) is 5.32. The van der Waals surface area contributed by atoms with E-state index in [0.717, 1.165) is 0 Å². The average Bonchev–Trinajstić information content (AvgIpc) is 2.33. The number of hydrogen-bond acceptors (Lipinski definition) is 4. The van der Waals surface area contributed by atoms with Crippen LogP contribution in [-0.2, 0) is 0 Å². The minimum absolute atomic E-state index is 0.289. The molecule has 1 heterocycles. The summed E-state index contributed by atoms with van der Waals surface area (Å²) in [6, 6.07) is 6.30. The highest BCUT2D eigenvalue weighted by atomic mass is 19.1. The van der Waals surface area contributed by atoms with E-state index in [1.165, 1.54) is 18.3 Å². The smallest absolute Gasteiger partial charge is 0.176 e. The van der Waals surface area contributed by atoms with Crippen molar-refractivity contribution in [2.75, 3.05) is 17.2 Å². The van der Waals surface area contributed by atoms with Gasteiger partial charge in [0.25, 0.3) is 0 Å². The molecule has 0 aliphatic rings. The highest BCUT2D eigenvalue weighted by molar-refractivity contribution is 5.68. The maximum Gasteiger partial charge on any atom is 0.176 e. The van der Waals surface area contributed by atoms with Crippen LogP contribution < -0.4 is 10.6 Å². The van der Waals surface area contributed by atoms with Crippen molar-refractivity contribution in [3.8, 4) is 0 Å². The third kappa shape index (κ3) is 2.33. The molecule has 0 aliphatic heterocycles. The van der Waals surface area contributed by atoms with Gasteiger partial charge < -0.3 is 10.6 Å². The predicted octanol–water partition coefficient (Wildman–Crippen LogP) is 2.36. The highest BCUT2D eigenvalue weighted by Gasteiger charge is 2.12. The molecule has 4 nitrogen and oxygen atoms in total. The topological polar surface area (TPSA) is 55.0 Å². The van der Waals surface area contributed by atoms with Gasteiger partial charge in [-0.25, -0.2) is 14.4 Å². The van der Waals surface area contributed by atoms with Gasteiger partial charge in [0.2, 0.25) is 0 Å². The van der Waals surface area contributed by atoms with Crippen molar-refractivity contribution < 1.29 is 4.39 Å². The zero-order valence-electron chi connectivity index (χ0n) is 9.47. The molecule has 0 saturated carbocycles. The van der Waals surface area contributed by atoms with Crippen LogP contribution in [-0.4, -0.2) is 16.5 Å². The van der Waals surface area contributed by atoms with E-state index in [1.807, 2.05) is 11.8 Å². The summed E-state index contributed by atoms with van der Waals surface area (Å²) in [5.41, 5.74) is 6.47. The third-order valence-corrected chi connectivity index (χ3v) is 2.40. The summed E-state index contributed by atoms with van der Waals surface area (Å²) in [6.07, 6.45) is 3.09. The van der Waals surface area contributed by atoms with Crippen molar-refractivity contribution >= 4 is 17.3 Å². The lowest BCUT2D eigenvalue weighted by Gasteiger charge is -2.22. The summed E-state index contributed by atoms with van der Waals surface area (Å²) in [5.74, 6) is 0.586. The first-order chi connectivity index (χ1) is 8.22. The highest BCUT2D eigenvalue weighted by Crippen LogP contribution is 2.26. The monoisotopic (exact) mass is 232 g/mol. The molecule has 2 rings (SSSR count). The first-order valence-corrected chi connectivity index (χ1v) is 5.32. The zero-order valence-corrected chi connectivity index (χ0v) is 9.47. The molecule has 17 heavy (non-hydrogen) atoms. The van der Waals surface area contributed by atoms with Crippen molar-refractivity contribution in [3.63, 3.8) is 0 Å². The van der Waals surface area contributed by atoms with Gasteiger partial charge in [-0.3, -0.25) is 0 Å². The van der Waals surface area contributed by atoms with Gasteiger partial charge >= 0.3 is 0 Å². The van der Waals surface area contributed by atoms with Gasteiger partial charge in [0, 0.05) is 24.6 Å². The number of rotatable bonds is 3. The van der Waals surface area contributed by atoms with E-state index in [1.54, 1.807) is 18.3 Å². The molecule has 0 saturated heterocycles. The number of halogens is 1. The molecular formula is C12H13FN4. The van der Waals surface area contributed by atoms with Crippen LogP contribution in [0.25, 0.3) is 0 Å². The summed E-state index contributed by atoms with van der Waals surface area (Å²) < 4.78 is 13.2. The van der Waals surface area contributed by atoms with Crippen molar-refractivity contribution in [1.29, 1.82) is 0 Å². The van der Waals surface area contributed by atoms with Crippen LogP contribution in [0.15, 0.2) is 36.7 Å². The van der Waals surface area contributed by atoms with Crippen LogP contribution in [0.2, 0.25) is 0 Å². The lowest BCUT2D eigenvalue weighted by Crippen LogP contribution is -2.19. The summed E-state index contributed by atoms with van der Waals surface area (Å²) in [5, 5.41) is 0. The second-order valence-electron chi connectivity index (χ2n) is 3.49. The Hall–Kier alpha value is -2.17. The van der Waals surface area contributed by atoms with Crippen molar-refractivity contribution in [2.24, 2.45) is 0 Å². The van der Waals surface area contributed by atoms with E-state index in [-0.39, 0.29) is 5.82 Å².